The molecular formula is C10H20N2O2. The van der Waals surface area contributed by atoms with Crippen LogP contribution in [0.4, 0.5) is 4.79 Å². The number of ether oxygens (including phenoxy) is 1. The maximum absolute atomic E-state index is 11.1. The Bertz CT molecular complexity index is 183. The largest absolute Gasteiger partial charge is 0.381 e. The van der Waals surface area contributed by atoms with Crippen molar-refractivity contribution in [3.8, 4) is 0 Å². The van der Waals surface area contributed by atoms with Gasteiger partial charge in [-0.1, -0.05) is 13.8 Å². The molecule has 1 aliphatic heterocycles. The molecule has 0 bridgehead atoms. The number of hydrogen-bond donors (Lipinski definition) is 1. The molecule has 1 heterocycles. The highest BCUT2D eigenvalue weighted by atomic mass is 16.5. The van der Waals surface area contributed by atoms with Crippen LogP contribution in [0.2, 0.25) is 0 Å². The molecule has 0 aromatic heterocycles. The second-order valence-electron chi connectivity index (χ2n) is 4.04. The van der Waals surface area contributed by atoms with Gasteiger partial charge in [-0.2, -0.15) is 0 Å². The lowest BCUT2D eigenvalue weighted by Crippen LogP contribution is -2.29. The fourth-order valence-electron chi connectivity index (χ4n) is 1.40. The lowest BCUT2D eigenvalue weighted by atomic mass is 10.2. The van der Waals surface area contributed by atoms with E-state index in [1.54, 1.807) is 0 Å². The lowest BCUT2D eigenvalue weighted by molar-refractivity contribution is 0.103. The molecule has 82 valence electrons. The summed E-state index contributed by atoms with van der Waals surface area (Å²) in [5, 5.41) is 2.77. The molecule has 0 spiro atoms. The summed E-state index contributed by atoms with van der Waals surface area (Å²) in [6.45, 7) is 8.26. The van der Waals surface area contributed by atoms with Crippen LogP contribution in [0, 0.1) is 5.92 Å². The first kappa shape index (κ1) is 11.3. The van der Waals surface area contributed by atoms with Crippen LogP contribution in [0.15, 0.2) is 0 Å². The molecule has 0 unspecified atom stereocenters. The molecule has 0 aliphatic carbocycles. The SMILES string of the molecule is CC(C)COCCCN1CCNC1=O. The number of amides is 2. The molecule has 2 amide bonds. The van der Waals surface area contributed by atoms with Gasteiger partial charge >= 0.3 is 6.03 Å². The summed E-state index contributed by atoms with van der Waals surface area (Å²) in [7, 11) is 0. The van der Waals surface area contributed by atoms with Gasteiger partial charge in [0.15, 0.2) is 0 Å². The van der Waals surface area contributed by atoms with Gasteiger partial charge in [0.25, 0.3) is 0 Å². The summed E-state index contributed by atoms with van der Waals surface area (Å²) in [6.07, 6.45) is 0.931. The van der Waals surface area contributed by atoms with Crippen molar-refractivity contribution in [3.05, 3.63) is 0 Å². The van der Waals surface area contributed by atoms with Crippen LogP contribution in [0.1, 0.15) is 20.3 Å². The average molecular weight is 200 g/mol. The minimum atomic E-state index is 0.0638. The minimum Gasteiger partial charge on any atom is -0.381 e. The Labute approximate surface area is 85.6 Å². The van der Waals surface area contributed by atoms with Gasteiger partial charge in [-0.05, 0) is 12.3 Å². The molecule has 0 aromatic carbocycles. The molecule has 1 fully saturated rings. The molecule has 1 aliphatic rings. The highest BCUT2D eigenvalue weighted by molar-refractivity contribution is 5.76. The monoisotopic (exact) mass is 200 g/mol. The Morgan fingerprint density at radius 3 is 2.93 bits per heavy atom. The van der Waals surface area contributed by atoms with E-state index >= 15 is 0 Å². The van der Waals surface area contributed by atoms with E-state index in [-0.39, 0.29) is 6.03 Å². The van der Waals surface area contributed by atoms with Crippen molar-refractivity contribution >= 4 is 6.03 Å². The molecular weight excluding hydrogens is 180 g/mol. The zero-order chi connectivity index (χ0) is 10.4. The van der Waals surface area contributed by atoms with Gasteiger partial charge in [0.2, 0.25) is 0 Å². The van der Waals surface area contributed by atoms with E-state index in [2.05, 4.69) is 19.2 Å². The van der Waals surface area contributed by atoms with Crippen molar-refractivity contribution in [1.29, 1.82) is 0 Å². The Balaban J connectivity index is 1.96. The zero-order valence-corrected chi connectivity index (χ0v) is 9.08. The minimum absolute atomic E-state index is 0.0638. The van der Waals surface area contributed by atoms with Crippen molar-refractivity contribution in [1.82, 2.24) is 10.2 Å². The van der Waals surface area contributed by atoms with Crippen LogP contribution in [0.25, 0.3) is 0 Å². The van der Waals surface area contributed by atoms with Gasteiger partial charge in [-0.15, -0.1) is 0 Å². The van der Waals surface area contributed by atoms with Crippen LogP contribution < -0.4 is 5.32 Å². The van der Waals surface area contributed by atoms with Gasteiger partial charge in [0.05, 0.1) is 0 Å². The maximum atomic E-state index is 11.1. The van der Waals surface area contributed by atoms with Gasteiger partial charge in [-0.3, -0.25) is 0 Å². The van der Waals surface area contributed by atoms with Crippen LogP contribution in [-0.2, 0) is 4.74 Å². The lowest BCUT2D eigenvalue weighted by Gasteiger charge is -2.14. The molecule has 4 heteroatoms. The molecule has 0 saturated carbocycles. The average Bonchev–Trinajstić information content (AvgIpc) is 2.51. The number of rotatable bonds is 6. The standard InChI is InChI=1S/C10H20N2O2/c1-9(2)8-14-7-3-5-12-6-4-11-10(12)13/h9H,3-8H2,1-2H3,(H,11,13). The van der Waals surface area contributed by atoms with E-state index in [4.69, 9.17) is 4.74 Å². The number of carbonyl (C=O) groups is 1. The third-order valence-corrected chi connectivity index (χ3v) is 2.11. The van der Waals surface area contributed by atoms with Gasteiger partial charge in [0, 0.05) is 32.8 Å². The smallest absolute Gasteiger partial charge is 0.317 e. The van der Waals surface area contributed by atoms with E-state index < -0.39 is 0 Å². The van der Waals surface area contributed by atoms with E-state index in [0.717, 1.165) is 39.3 Å². The van der Waals surface area contributed by atoms with Crippen molar-refractivity contribution in [2.24, 2.45) is 5.92 Å². The summed E-state index contributed by atoms with van der Waals surface area (Å²) >= 11 is 0. The summed E-state index contributed by atoms with van der Waals surface area (Å²) in [4.78, 5) is 13.0. The third-order valence-electron chi connectivity index (χ3n) is 2.11. The predicted octanol–water partition coefficient (Wildman–Crippen LogP) is 1.07. The Hall–Kier alpha value is -0.770. The maximum Gasteiger partial charge on any atom is 0.317 e. The normalized spacial score (nSPS) is 16.5. The van der Waals surface area contributed by atoms with E-state index in [1.807, 2.05) is 4.90 Å². The van der Waals surface area contributed by atoms with Gasteiger partial charge in [0.1, 0.15) is 0 Å². The Morgan fingerprint density at radius 1 is 1.57 bits per heavy atom. The van der Waals surface area contributed by atoms with E-state index in [9.17, 15) is 4.79 Å². The van der Waals surface area contributed by atoms with Crippen LogP contribution in [0.3, 0.4) is 0 Å². The van der Waals surface area contributed by atoms with Crippen molar-refractivity contribution in [2.45, 2.75) is 20.3 Å². The second-order valence-corrected chi connectivity index (χ2v) is 4.04. The molecule has 0 atom stereocenters. The quantitative estimate of drug-likeness (QED) is 0.652. The fourth-order valence-corrected chi connectivity index (χ4v) is 1.40. The van der Waals surface area contributed by atoms with Crippen molar-refractivity contribution in [3.63, 3.8) is 0 Å². The van der Waals surface area contributed by atoms with Crippen LogP contribution >= 0.6 is 0 Å². The summed E-state index contributed by atoms with van der Waals surface area (Å²) < 4.78 is 5.43. The second kappa shape index (κ2) is 5.86. The van der Waals surface area contributed by atoms with Gasteiger partial charge in [-0.25, -0.2) is 4.79 Å². The first-order chi connectivity index (χ1) is 6.70. The highest BCUT2D eigenvalue weighted by Gasteiger charge is 2.17. The first-order valence-electron chi connectivity index (χ1n) is 5.30. The Morgan fingerprint density at radius 2 is 2.36 bits per heavy atom. The molecule has 14 heavy (non-hydrogen) atoms. The third kappa shape index (κ3) is 3.96. The molecule has 0 radical (unpaired) electrons. The topological polar surface area (TPSA) is 41.6 Å². The van der Waals surface area contributed by atoms with Crippen molar-refractivity contribution < 1.29 is 9.53 Å². The zero-order valence-electron chi connectivity index (χ0n) is 9.08. The van der Waals surface area contributed by atoms with Crippen LogP contribution in [0.5, 0.6) is 0 Å². The Kier molecular flexibility index (Phi) is 4.73. The number of nitrogens with zero attached hydrogens (tertiary/aromatic N) is 1. The number of nitrogens with one attached hydrogen (secondary N) is 1. The highest BCUT2D eigenvalue weighted by Crippen LogP contribution is 1.99. The number of carbonyl (C=O) groups excluding carboxylic acids is 1. The summed E-state index contributed by atoms with van der Waals surface area (Å²) in [5.74, 6) is 0.588. The summed E-state index contributed by atoms with van der Waals surface area (Å²) in [5.41, 5.74) is 0. The molecule has 1 saturated heterocycles. The molecule has 4 nitrogen and oxygen atoms in total. The number of urea groups is 1. The molecule has 1 rings (SSSR count). The molecule has 1 N–H and O–H groups in total. The van der Waals surface area contributed by atoms with E-state index in [0.29, 0.717) is 5.92 Å². The van der Waals surface area contributed by atoms with Crippen LogP contribution in [-0.4, -0.2) is 43.8 Å². The van der Waals surface area contributed by atoms with E-state index in [1.165, 1.54) is 0 Å². The molecule has 0 aromatic rings. The first-order valence-corrected chi connectivity index (χ1v) is 5.30. The fraction of sp³-hybridized carbons (Fsp3) is 0.900. The summed E-state index contributed by atoms with van der Waals surface area (Å²) in [6, 6.07) is 0.0638. The number of hydrogen-bond acceptors (Lipinski definition) is 2. The van der Waals surface area contributed by atoms with Gasteiger partial charge < -0.3 is 15.0 Å². The van der Waals surface area contributed by atoms with Crippen molar-refractivity contribution in [2.75, 3.05) is 32.8 Å². The predicted molar refractivity (Wildman–Crippen MR) is 55.2 cm³/mol.